The van der Waals surface area contributed by atoms with Crippen LogP contribution in [0.15, 0.2) is 60.7 Å². The molecule has 5 heteroatoms. The van der Waals surface area contributed by atoms with E-state index in [1.54, 1.807) is 11.6 Å². The first-order valence-corrected chi connectivity index (χ1v) is 9.33. The van der Waals surface area contributed by atoms with Crippen LogP contribution in [-0.2, 0) is 11.2 Å². The van der Waals surface area contributed by atoms with E-state index in [1.807, 2.05) is 43.3 Å². The van der Waals surface area contributed by atoms with Crippen molar-refractivity contribution in [1.29, 1.82) is 0 Å². The minimum Gasteiger partial charge on any atom is -0.325 e. The van der Waals surface area contributed by atoms with Crippen LogP contribution < -0.4 is 5.48 Å². The minimum atomic E-state index is -0.557. The molecule has 1 aromatic heterocycles. The summed E-state index contributed by atoms with van der Waals surface area (Å²) in [5, 5.41) is 8.66. The molecule has 0 saturated carbocycles. The number of nitrogens with zero attached hydrogens (tertiary/aromatic N) is 2. The lowest BCUT2D eigenvalue weighted by Crippen LogP contribution is -2.14. The summed E-state index contributed by atoms with van der Waals surface area (Å²) < 4.78 is 2.25. The predicted molar refractivity (Wildman–Crippen MR) is 111 cm³/mol. The molecule has 28 heavy (non-hydrogen) atoms. The van der Waals surface area contributed by atoms with E-state index >= 15 is 0 Å². The second kappa shape index (κ2) is 8.67. The van der Waals surface area contributed by atoms with E-state index in [0.29, 0.717) is 0 Å². The second-order valence-electron chi connectivity index (χ2n) is 7.02. The van der Waals surface area contributed by atoms with Crippen LogP contribution in [0.1, 0.15) is 42.5 Å². The standard InChI is InChI=1S/C23H25N3O2/c1-16(2)26-17(3)24-21(15-18-8-5-4-6-9-18)23(26)20-11-7-10-19(14-20)12-13-22(27)25-28/h4-14,16,28H,15H2,1-3H3,(H,25,27)/b13-12+. The fourth-order valence-corrected chi connectivity index (χ4v) is 3.45. The molecule has 0 unspecified atom stereocenters. The number of amides is 1. The van der Waals surface area contributed by atoms with Gasteiger partial charge in [-0.3, -0.25) is 10.0 Å². The fourth-order valence-electron chi connectivity index (χ4n) is 3.45. The molecule has 0 atom stereocenters. The molecule has 0 radical (unpaired) electrons. The van der Waals surface area contributed by atoms with Crippen LogP contribution in [0.2, 0.25) is 0 Å². The maximum atomic E-state index is 11.3. The highest BCUT2D eigenvalue weighted by molar-refractivity contribution is 5.91. The van der Waals surface area contributed by atoms with Crippen molar-refractivity contribution in [2.45, 2.75) is 33.2 Å². The highest BCUT2D eigenvalue weighted by Gasteiger charge is 2.18. The van der Waals surface area contributed by atoms with Crippen molar-refractivity contribution in [3.05, 3.63) is 83.3 Å². The average Bonchev–Trinajstić information content (AvgIpc) is 3.03. The summed E-state index contributed by atoms with van der Waals surface area (Å²) in [6, 6.07) is 18.6. The summed E-state index contributed by atoms with van der Waals surface area (Å²) in [6.45, 7) is 6.34. The summed E-state index contributed by atoms with van der Waals surface area (Å²) in [5.41, 5.74) is 6.87. The summed E-state index contributed by atoms with van der Waals surface area (Å²) in [4.78, 5) is 16.2. The van der Waals surface area contributed by atoms with Crippen molar-refractivity contribution in [2.24, 2.45) is 0 Å². The summed E-state index contributed by atoms with van der Waals surface area (Å²) in [5.74, 6) is 0.426. The third kappa shape index (κ3) is 4.38. The van der Waals surface area contributed by atoms with Gasteiger partial charge in [-0.1, -0.05) is 48.5 Å². The smallest absolute Gasteiger partial charge is 0.267 e. The summed E-state index contributed by atoms with van der Waals surface area (Å²) >= 11 is 0. The third-order valence-corrected chi connectivity index (χ3v) is 4.59. The van der Waals surface area contributed by atoms with Crippen molar-refractivity contribution in [3.8, 4) is 11.3 Å². The van der Waals surface area contributed by atoms with Gasteiger partial charge < -0.3 is 4.57 Å². The number of imidazole rings is 1. The lowest BCUT2D eigenvalue weighted by molar-refractivity contribution is -0.124. The highest BCUT2D eigenvalue weighted by Crippen LogP contribution is 2.30. The number of rotatable bonds is 6. The average molecular weight is 375 g/mol. The Morgan fingerprint density at radius 3 is 2.61 bits per heavy atom. The van der Waals surface area contributed by atoms with Gasteiger partial charge in [0.05, 0.1) is 11.4 Å². The van der Waals surface area contributed by atoms with E-state index in [0.717, 1.165) is 34.8 Å². The van der Waals surface area contributed by atoms with Gasteiger partial charge in [0.15, 0.2) is 0 Å². The SMILES string of the molecule is Cc1nc(Cc2ccccc2)c(-c2cccc(/C=C/C(=O)NO)c2)n1C(C)C. The molecule has 0 aliphatic carbocycles. The number of aryl methyl sites for hydroxylation is 1. The molecule has 0 aliphatic rings. The number of nitrogens with one attached hydrogen (secondary N) is 1. The van der Waals surface area contributed by atoms with E-state index in [2.05, 4.69) is 36.6 Å². The van der Waals surface area contributed by atoms with Gasteiger partial charge in [0.25, 0.3) is 5.91 Å². The minimum absolute atomic E-state index is 0.270. The van der Waals surface area contributed by atoms with E-state index in [1.165, 1.54) is 11.6 Å². The quantitative estimate of drug-likeness (QED) is 0.377. The summed E-state index contributed by atoms with van der Waals surface area (Å²) in [7, 11) is 0. The molecule has 5 nitrogen and oxygen atoms in total. The molecule has 2 aromatic carbocycles. The van der Waals surface area contributed by atoms with Crippen molar-refractivity contribution in [3.63, 3.8) is 0 Å². The van der Waals surface area contributed by atoms with Gasteiger partial charge in [-0.05, 0) is 44.0 Å². The Bertz CT molecular complexity index is 988. The number of hydrogen-bond acceptors (Lipinski definition) is 3. The van der Waals surface area contributed by atoms with Crippen LogP contribution in [0, 0.1) is 6.92 Å². The molecular weight excluding hydrogens is 350 g/mol. The van der Waals surface area contributed by atoms with Gasteiger partial charge in [0.2, 0.25) is 0 Å². The Morgan fingerprint density at radius 1 is 1.18 bits per heavy atom. The van der Waals surface area contributed by atoms with E-state index in [9.17, 15) is 4.79 Å². The van der Waals surface area contributed by atoms with Crippen LogP contribution in [0.3, 0.4) is 0 Å². The Balaban J connectivity index is 2.07. The molecule has 2 N–H and O–H groups in total. The Labute approximate surface area is 165 Å². The van der Waals surface area contributed by atoms with Crippen molar-refractivity contribution in [1.82, 2.24) is 15.0 Å². The molecule has 3 aromatic rings. The number of carbonyl (C=O) groups excluding carboxylic acids is 1. The zero-order chi connectivity index (χ0) is 20.1. The second-order valence-corrected chi connectivity index (χ2v) is 7.02. The van der Waals surface area contributed by atoms with Gasteiger partial charge >= 0.3 is 0 Å². The molecular formula is C23H25N3O2. The van der Waals surface area contributed by atoms with Crippen LogP contribution in [-0.4, -0.2) is 20.7 Å². The van der Waals surface area contributed by atoms with E-state index in [4.69, 9.17) is 10.2 Å². The molecule has 144 valence electrons. The topological polar surface area (TPSA) is 67.2 Å². The number of hydroxylamine groups is 1. The number of carbonyl (C=O) groups is 1. The Kier molecular flexibility index (Phi) is 6.06. The molecule has 1 heterocycles. The maximum Gasteiger partial charge on any atom is 0.267 e. The first-order valence-electron chi connectivity index (χ1n) is 9.33. The maximum absolute atomic E-state index is 11.3. The normalized spacial score (nSPS) is 11.3. The zero-order valence-electron chi connectivity index (χ0n) is 16.4. The zero-order valence-corrected chi connectivity index (χ0v) is 16.4. The van der Waals surface area contributed by atoms with Crippen LogP contribution >= 0.6 is 0 Å². The first-order chi connectivity index (χ1) is 13.5. The van der Waals surface area contributed by atoms with Crippen LogP contribution in [0.25, 0.3) is 17.3 Å². The van der Waals surface area contributed by atoms with Gasteiger partial charge in [-0.15, -0.1) is 0 Å². The number of aromatic nitrogens is 2. The lowest BCUT2D eigenvalue weighted by Gasteiger charge is -2.16. The van der Waals surface area contributed by atoms with Gasteiger partial charge in [0.1, 0.15) is 5.82 Å². The van der Waals surface area contributed by atoms with Gasteiger partial charge in [0, 0.05) is 24.1 Å². The molecule has 1 amide bonds. The van der Waals surface area contributed by atoms with Crippen molar-refractivity contribution in [2.75, 3.05) is 0 Å². The van der Waals surface area contributed by atoms with Crippen molar-refractivity contribution >= 4 is 12.0 Å². The molecule has 0 aliphatic heterocycles. The molecule has 0 bridgehead atoms. The van der Waals surface area contributed by atoms with Crippen LogP contribution in [0.5, 0.6) is 0 Å². The van der Waals surface area contributed by atoms with Crippen molar-refractivity contribution < 1.29 is 10.0 Å². The van der Waals surface area contributed by atoms with Gasteiger partial charge in [-0.25, -0.2) is 10.5 Å². The lowest BCUT2D eigenvalue weighted by atomic mass is 10.0. The predicted octanol–water partition coefficient (Wildman–Crippen LogP) is 4.55. The number of hydrogen-bond donors (Lipinski definition) is 2. The van der Waals surface area contributed by atoms with Crippen LogP contribution in [0.4, 0.5) is 0 Å². The highest BCUT2D eigenvalue weighted by atomic mass is 16.5. The monoisotopic (exact) mass is 375 g/mol. The summed E-state index contributed by atoms with van der Waals surface area (Å²) in [6.07, 6.45) is 3.73. The largest absolute Gasteiger partial charge is 0.325 e. The Morgan fingerprint density at radius 2 is 1.93 bits per heavy atom. The third-order valence-electron chi connectivity index (χ3n) is 4.59. The molecule has 3 rings (SSSR count). The first kappa shape index (κ1) is 19.6. The van der Waals surface area contributed by atoms with E-state index < -0.39 is 5.91 Å². The Hall–Kier alpha value is -3.18. The molecule has 0 fully saturated rings. The fraction of sp³-hybridized carbons (Fsp3) is 0.217. The van der Waals surface area contributed by atoms with Gasteiger partial charge in [-0.2, -0.15) is 0 Å². The number of benzene rings is 2. The van der Waals surface area contributed by atoms with E-state index in [-0.39, 0.29) is 6.04 Å². The molecule has 0 spiro atoms. The molecule has 0 saturated heterocycles.